The summed E-state index contributed by atoms with van der Waals surface area (Å²) in [5.41, 5.74) is 4.98. The number of alkyl halides is 3. The third kappa shape index (κ3) is 2.87. The average Bonchev–Trinajstić information content (AvgIpc) is 2.77. The van der Waals surface area contributed by atoms with E-state index in [4.69, 9.17) is 17.3 Å². The van der Waals surface area contributed by atoms with Crippen LogP contribution in [0.25, 0.3) is 5.69 Å². The first-order valence-corrected chi connectivity index (χ1v) is 5.72. The van der Waals surface area contributed by atoms with Crippen LogP contribution < -0.4 is 5.73 Å². The highest BCUT2D eigenvalue weighted by Gasteiger charge is 2.34. The zero-order valence-electron chi connectivity index (χ0n) is 9.82. The Morgan fingerprint density at radius 3 is 2.58 bits per heavy atom. The largest absolute Gasteiger partial charge is 0.418 e. The molecule has 0 fully saturated rings. The van der Waals surface area contributed by atoms with Gasteiger partial charge >= 0.3 is 6.18 Å². The van der Waals surface area contributed by atoms with Crippen molar-refractivity contribution in [2.45, 2.75) is 19.1 Å². The van der Waals surface area contributed by atoms with Gasteiger partial charge in [0.15, 0.2) is 0 Å². The molecule has 0 aliphatic carbocycles. The van der Waals surface area contributed by atoms with Crippen LogP contribution in [0, 0.1) is 0 Å². The van der Waals surface area contributed by atoms with E-state index < -0.39 is 17.8 Å². The van der Waals surface area contributed by atoms with Gasteiger partial charge in [0.25, 0.3) is 0 Å². The van der Waals surface area contributed by atoms with Crippen molar-refractivity contribution in [3.05, 3.63) is 40.7 Å². The summed E-state index contributed by atoms with van der Waals surface area (Å²) in [6, 6.07) is 3.05. The number of nitrogens with two attached hydrogens (primary N) is 1. The summed E-state index contributed by atoms with van der Waals surface area (Å²) in [7, 11) is 0. The first-order valence-electron chi connectivity index (χ1n) is 5.34. The molecule has 2 N–H and O–H groups in total. The minimum atomic E-state index is -4.53. The quantitative estimate of drug-likeness (QED) is 0.925. The molecule has 0 aliphatic heterocycles. The molecule has 4 nitrogen and oxygen atoms in total. The summed E-state index contributed by atoms with van der Waals surface area (Å²) < 4.78 is 39.8. The van der Waals surface area contributed by atoms with Gasteiger partial charge in [0, 0.05) is 11.1 Å². The number of hydrogen-bond acceptors (Lipinski definition) is 3. The van der Waals surface area contributed by atoms with Crippen molar-refractivity contribution in [1.82, 2.24) is 15.0 Å². The normalized spacial score (nSPS) is 13.6. The number of halogens is 4. The predicted octanol–water partition coefficient (Wildman–Crippen LogP) is 2.96. The molecule has 2 rings (SSSR count). The minimum Gasteiger partial charge on any atom is -0.323 e. The Balaban J connectivity index is 2.55. The van der Waals surface area contributed by atoms with E-state index in [2.05, 4.69) is 10.3 Å². The fraction of sp³-hybridized carbons (Fsp3) is 0.273. The maximum Gasteiger partial charge on any atom is 0.418 e. The molecule has 0 saturated heterocycles. The van der Waals surface area contributed by atoms with Crippen LogP contribution >= 0.6 is 11.6 Å². The summed E-state index contributed by atoms with van der Waals surface area (Å²) in [6.45, 7) is 1.67. The molecular weight excluding hydrogens is 281 g/mol. The Bertz CT molecular complexity index is 592. The third-order valence-electron chi connectivity index (χ3n) is 2.49. The van der Waals surface area contributed by atoms with Crippen LogP contribution in [0.3, 0.4) is 0 Å². The van der Waals surface area contributed by atoms with Crippen LogP contribution in [0.15, 0.2) is 24.4 Å². The van der Waals surface area contributed by atoms with Gasteiger partial charge < -0.3 is 5.73 Å². The first kappa shape index (κ1) is 13.8. The van der Waals surface area contributed by atoms with E-state index in [0.29, 0.717) is 5.69 Å². The summed E-state index contributed by atoms with van der Waals surface area (Å²) >= 11 is 5.60. The van der Waals surface area contributed by atoms with E-state index >= 15 is 0 Å². The van der Waals surface area contributed by atoms with E-state index in [1.165, 1.54) is 18.3 Å². The van der Waals surface area contributed by atoms with Gasteiger partial charge in [-0.3, -0.25) is 0 Å². The molecule has 0 bridgehead atoms. The molecule has 8 heteroatoms. The van der Waals surface area contributed by atoms with Gasteiger partial charge in [0.05, 0.1) is 23.1 Å². The highest BCUT2D eigenvalue weighted by molar-refractivity contribution is 6.30. The van der Waals surface area contributed by atoms with E-state index in [-0.39, 0.29) is 10.7 Å². The van der Waals surface area contributed by atoms with E-state index in [9.17, 15) is 13.2 Å². The molecule has 1 unspecified atom stereocenters. The Morgan fingerprint density at radius 1 is 1.37 bits per heavy atom. The highest BCUT2D eigenvalue weighted by Crippen LogP contribution is 2.35. The van der Waals surface area contributed by atoms with Crippen molar-refractivity contribution < 1.29 is 13.2 Å². The van der Waals surface area contributed by atoms with Crippen LogP contribution in [0.4, 0.5) is 13.2 Å². The molecule has 1 aromatic heterocycles. The van der Waals surface area contributed by atoms with Gasteiger partial charge in [-0.05, 0) is 25.1 Å². The van der Waals surface area contributed by atoms with Crippen molar-refractivity contribution in [2.24, 2.45) is 5.73 Å². The Labute approximate surface area is 112 Å². The molecule has 1 aromatic carbocycles. The maximum atomic E-state index is 12.9. The molecule has 0 spiro atoms. The Kier molecular flexibility index (Phi) is 3.51. The molecule has 0 radical (unpaired) electrons. The lowest BCUT2D eigenvalue weighted by Gasteiger charge is -2.12. The van der Waals surface area contributed by atoms with Gasteiger partial charge in [0.2, 0.25) is 0 Å². The molecule has 0 aliphatic rings. The zero-order valence-corrected chi connectivity index (χ0v) is 10.6. The fourth-order valence-electron chi connectivity index (χ4n) is 1.54. The zero-order chi connectivity index (χ0) is 14.2. The van der Waals surface area contributed by atoms with Crippen molar-refractivity contribution >= 4 is 11.6 Å². The smallest absolute Gasteiger partial charge is 0.323 e. The number of hydrogen-bond donors (Lipinski definition) is 1. The minimum absolute atomic E-state index is 0.00334. The van der Waals surface area contributed by atoms with Gasteiger partial charge in [-0.15, -0.1) is 5.10 Å². The summed E-state index contributed by atoms with van der Waals surface area (Å²) in [6.07, 6.45) is -3.16. The molecule has 1 heterocycles. The molecule has 2 aromatic rings. The van der Waals surface area contributed by atoms with Crippen molar-refractivity contribution in [3.63, 3.8) is 0 Å². The van der Waals surface area contributed by atoms with E-state index in [1.807, 2.05) is 0 Å². The molecule has 0 saturated carbocycles. The number of aromatic nitrogens is 3. The fourth-order valence-corrected chi connectivity index (χ4v) is 1.71. The lowest BCUT2D eigenvalue weighted by Crippen LogP contribution is -2.11. The van der Waals surface area contributed by atoms with Crippen molar-refractivity contribution in [3.8, 4) is 5.69 Å². The lowest BCUT2D eigenvalue weighted by molar-refractivity contribution is -0.137. The second-order valence-corrected chi connectivity index (χ2v) is 4.47. The standard InChI is InChI=1S/C11H10ClF3N4/c1-6(16)9-5-19(18-17-9)10-3-2-7(12)4-8(10)11(13,14)15/h2-6H,16H2,1H3. The van der Waals surface area contributed by atoms with Crippen molar-refractivity contribution in [1.29, 1.82) is 0 Å². The Hall–Kier alpha value is -1.60. The number of benzene rings is 1. The summed E-state index contributed by atoms with van der Waals surface area (Å²) in [5, 5.41) is 7.38. The molecular formula is C11H10ClF3N4. The van der Waals surface area contributed by atoms with Gasteiger partial charge in [0.1, 0.15) is 0 Å². The predicted molar refractivity (Wildman–Crippen MR) is 64.0 cm³/mol. The lowest BCUT2D eigenvalue weighted by atomic mass is 10.1. The topological polar surface area (TPSA) is 56.7 Å². The summed E-state index contributed by atoms with van der Waals surface area (Å²) in [5.74, 6) is 0. The average molecular weight is 291 g/mol. The monoisotopic (exact) mass is 290 g/mol. The van der Waals surface area contributed by atoms with Crippen LogP contribution in [-0.2, 0) is 6.18 Å². The number of nitrogens with zero attached hydrogens (tertiary/aromatic N) is 3. The second kappa shape index (κ2) is 4.82. The SMILES string of the molecule is CC(N)c1cn(-c2ccc(Cl)cc2C(F)(F)F)nn1. The highest BCUT2D eigenvalue weighted by atomic mass is 35.5. The van der Waals surface area contributed by atoms with Crippen LogP contribution in [-0.4, -0.2) is 15.0 Å². The third-order valence-corrected chi connectivity index (χ3v) is 2.72. The number of rotatable bonds is 2. The van der Waals surface area contributed by atoms with Crippen LogP contribution in [0.2, 0.25) is 5.02 Å². The van der Waals surface area contributed by atoms with Crippen molar-refractivity contribution in [2.75, 3.05) is 0 Å². The van der Waals surface area contributed by atoms with E-state index in [1.54, 1.807) is 6.92 Å². The first-order chi connectivity index (χ1) is 8.79. The maximum absolute atomic E-state index is 12.9. The Morgan fingerprint density at radius 2 is 2.05 bits per heavy atom. The molecule has 0 amide bonds. The van der Waals surface area contributed by atoms with E-state index in [0.717, 1.165) is 10.7 Å². The van der Waals surface area contributed by atoms with Gasteiger partial charge in [-0.1, -0.05) is 16.8 Å². The van der Waals surface area contributed by atoms with Crippen LogP contribution in [0.5, 0.6) is 0 Å². The summed E-state index contributed by atoms with van der Waals surface area (Å²) in [4.78, 5) is 0. The molecule has 19 heavy (non-hydrogen) atoms. The van der Waals surface area contributed by atoms with Crippen LogP contribution in [0.1, 0.15) is 24.2 Å². The molecule has 1 atom stereocenters. The van der Waals surface area contributed by atoms with Gasteiger partial charge in [-0.2, -0.15) is 13.2 Å². The molecule has 102 valence electrons. The van der Waals surface area contributed by atoms with Gasteiger partial charge in [-0.25, -0.2) is 4.68 Å². The second-order valence-electron chi connectivity index (χ2n) is 4.04.